The fourth-order valence-electron chi connectivity index (χ4n) is 4.29. The van der Waals surface area contributed by atoms with Crippen molar-refractivity contribution in [1.82, 2.24) is 19.8 Å². The maximum absolute atomic E-state index is 10.4. The fourth-order valence-corrected chi connectivity index (χ4v) is 4.62. The summed E-state index contributed by atoms with van der Waals surface area (Å²) in [5.74, 6) is 0.253. The molecule has 156 valence electrons. The highest BCUT2D eigenvalue weighted by Crippen LogP contribution is 2.41. The zero-order valence-corrected chi connectivity index (χ0v) is 18.2. The number of hydrogen-bond acceptors (Lipinski definition) is 4. The van der Waals surface area contributed by atoms with E-state index in [1.54, 1.807) is 19.4 Å². The van der Waals surface area contributed by atoms with Crippen LogP contribution in [-0.2, 0) is 4.74 Å². The van der Waals surface area contributed by atoms with Crippen LogP contribution in [0.2, 0.25) is 0 Å². The Bertz CT molecular complexity index is 1050. The Morgan fingerprint density at radius 3 is 2.63 bits per heavy atom. The van der Waals surface area contributed by atoms with Crippen molar-refractivity contribution in [3.8, 4) is 11.4 Å². The molecular formula is C23H26N4O2S. The molecule has 30 heavy (non-hydrogen) atoms. The van der Waals surface area contributed by atoms with Crippen molar-refractivity contribution in [2.75, 3.05) is 20.3 Å². The van der Waals surface area contributed by atoms with Gasteiger partial charge in [0.25, 0.3) is 0 Å². The number of phenols is 1. The van der Waals surface area contributed by atoms with Gasteiger partial charge in [-0.15, -0.1) is 0 Å². The molecule has 0 spiro atoms. The van der Waals surface area contributed by atoms with Crippen molar-refractivity contribution in [2.24, 2.45) is 0 Å². The number of thiocarbonyl (C=S) groups is 1. The number of aromatic hydroxyl groups is 1. The Kier molecular flexibility index (Phi) is 5.74. The second-order valence-electron chi connectivity index (χ2n) is 7.46. The van der Waals surface area contributed by atoms with Crippen LogP contribution in [0, 0.1) is 13.8 Å². The molecule has 1 aliphatic heterocycles. The topological polar surface area (TPSA) is 62.5 Å². The zero-order valence-electron chi connectivity index (χ0n) is 17.4. The number of ether oxygens (including phenoxy) is 1. The molecule has 1 fully saturated rings. The molecule has 1 aromatic carbocycles. The monoisotopic (exact) mass is 422 g/mol. The quantitative estimate of drug-likeness (QED) is 0.589. The molecule has 7 heteroatoms. The van der Waals surface area contributed by atoms with Crippen LogP contribution < -0.4 is 5.32 Å². The van der Waals surface area contributed by atoms with E-state index in [4.69, 9.17) is 17.0 Å². The summed E-state index contributed by atoms with van der Waals surface area (Å²) in [5.41, 5.74) is 4.97. The lowest BCUT2D eigenvalue weighted by molar-refractivity contribution is 0.164. The van der Waals surface area contributed by atoms with Crippen LogP contribution >= 0.6 is 12.2 Å². The molecule has 2 N–H and O–H groups in total. The lowest BCUT2D eigenvalue weighted by Gasteiger charge is -2.28. The molecule has 4 rings (SSSR count). The van der Waals surface area contributed by atoms with E-state index in [9.17, 15) is 5.11 Å². The molecule has 0 amide bonds. The Morgan fingerprint density at radius 2 is 1.93 bits per heavy atom. The summed E-state index contributed by atoms with van der Waals surface area (Å²) in [6.45, 7) is 5.39. The molecule has 3 heterocycles. The van der Waals surface area contributed by atoms with Crippen LogP contribution in [0.15, 0.2) is 54.7 Å². The summed E-state index contributed by atoms with van der Waals surface area (Å²) in [5, 5.41) is 14.6. The van der Waals surface area contributed by atoms with E-state index < -0.39 is 0 Å². The maximum atomic E-state index is 10.4. The van der Waals surface area contributed by atoms with Crippen molar-refractivity contribution in [1.29, 1.82) is 0 Å². The van der Waals surface area contributed by atoms with Gasteiger partial charge >= 0.3 is 0 Å². The summed E-state index contributed by atoms with van der Waals surface area (Å²) in [6, 6.07) is 15.4. The first kappa shape index (κ1) is 20.4. The first-order valence-electron chi connectivity index (χ1n) is 9.97. The molecule has 0 saturated carbocycles. The number of phenolic OH excluding ortho intramolecular Hbond substituents is 1. The standard InChI is InChI=1S/C23H26N4O2S/c1-15-14-17(16(2)27(15)19-9-4-5-10-20(19)28)22-21(18-8-6-7-11-24-18)25-23(30)26(22)12-13-29-3/h4-11,14,21-22,28H,12-13H2,1-3H3,(H,25,30)/t21-,22+/m0/s1. The average Bonchev–Trinajstić information content (AvgIpc) is 3.23. The van der Waals surface area contributed by atoms with Gasteiger partial charge in [-0.1, -0.05) is 18.2 Å². The number of nitrogens with one attached hydrogen (secondary N) is 1. The van der Waals surface area contributed by atoms with E-state index in [1.165, 1.54) is 0 Å². The van der Waals surface area contributed by atoms with Gasteiger partial charge in [-0.2, -0.15) is 0 Å². The van der Waals surface area contributed by atoms with Gasteiger partial charge in [-0.05, 0) is 62.0 Å². The molecule has 2 atom stereocenters. The van der Waals surface area contributed by atoms with E-state index >= 15 is 0 Å². The van der Waals surface area contributed by atoms with E-state index in [-0.39, 0.29) is 17.8 Å². The van der Waals surface area contributed by atoms with Gasteiger partial charge in [0, 0.05) is 31.2 Å². The highest BCUT2D eigenvalue weighted by atomic mass is 32.1. The van der Waals surface area contributed by atoms with Gasteiger partial charge in [0.05, 0.1) is 30.1 Å². The molecule has 2 aromatic heterocycles. The molecule has 0 unspecified atom stereocenters. The largest absolute Gasteiger partial charge is 0.506 e. The van der Waals surface area contributed by atoms with Gasteiger partial charge in [-0.3, -0.25) is 4.98 Å². The Morgan fingerprint density at radius 1 is 1.17 bits per heavy atom. The number of methoxy groups -OCH3 is 1. The number of aromatic nitrogens is 2. The van der Waals surface area contributed by atoms with Gasteiger partial charge in [0.15, 0.2) is 5.11 Å². The molecule has 0 radical (unpaired) electrons. The van der Waals surface area contributed by atoms with E-state index in [1.807, 2.05) is 36.4 Å². The van der Waals surface area contributed by atoms with E-state index in [2.05, 4.69) is 39.7 Å². The molecular weight excluding hydrogens is 396 g/mol. The smallest absolute Gasteiger partial charge is 0.170 e. The number of para-hydroxylation sites is 2. The first-order valence-corrected chi connectivity index (χ1v) is 10.4. The van der Waals surface area contributed by atoms with Crippen LogP contribution in [-0.4, -0.2) is 44.9 Å². The third kappa shape index (κ3) is 3.55. The van der Waals surface area contributed by atoms with Gasteiger partial charge < -0.3 is 24.6 Å². The van der Waals surface area contributed by atoms with E-state index in [0.717, 1.165) is 28.3 Å². The second kappa shape index (κ2) is 8.45. The van der Waals surface area contributed by atoms with E-state index in [0.29, 0.717) is 18.3 Å². The summed E-state index contributed by atoms with van der Waals surface area (Å²) < 4.78 is 7.43. The first-order chi connectivity index (χ1) is 14.5. The van der Waals surface area contributed by atoms with Crippen LogP contribution in [0.4, 0.5) is 0 Å². The molecule has 1 aliphatic rings. The third-order valence-electron chi connectivity index (χ3n) is 5.65. The minimum absolute atomic E-state index is 0.0339. The Hall–Kier alpha value is -2.90. The third-order valence-corrected chi connectivity index (χ3v) is 6.00. The molecule has 1 saturated heterocycles. The number of nitrogens with zero attached hydrogens (tertiary/aromatic N) is 3. The Labute approximate surface area is 182 Å². The summed E-state index contributed by atoms with van der Waals surface area (Å²) in [4.78, 5) is 6.77. The lowest BCUT2D eigenvalue weighted by Crippen LogP contribution is -2.32. The Balaban J connectivity index is 1.83. The molecule has 3 aromatic rings. The predicted molar refractivity (Wildman–Crippen MR) is 121 cm³/mol. The lowest BCUT2D eigenvalue weighted by atomic mass is 9.97. The van der Waals surface area contributed by atoms with Crippen molar-refractivity contribution in [3.05, 3.63) is 77.4 Å². The van der Waals surface area contributed by atoms with Crippen LogP contribution in [0.5, 0.6) is 5.75 Å². The van der Waals surface area contributed by atoms with Gasteiger partial charge in [0.1, 0.15) is 5.75 Å². The molecule has 6 nitrogen and oxygen atoms in total. The van der Waals surface area contributed by atoms with Crippen LogP contribution in [0.3, 0.4) is 0 Å². The van der Waals surface area contributed by atoms with Gasteiger partial charge in [0.2, 0.25) is 0 Å². The molecule has 0 aliphatic carbocycles. The fraction of sp³-hybridized carbons (Fsp3) is 0.304. The number of aryl methyl sites for hydroxylation is 1. The SMILES string of the molecule is COCCN1C(=S)N[C@@H](c2ccccn2)[C@H]1c1cc(C)n(-c2ccccc2O)c1C. The number of rotatable bonds is 6. The minimum Gasteiger partial charge on any atom is -0.506 e. The van der Waals surface area contributed by atoms with Gasteiger partial charge in [-0.25, -0.2) is 0 Å². The normalized spacial score (nSPS) is 18.6. The summed E-state index contributed by atoms with van der Waals surface area (Å²) in [7, 11) is 1.70. The summed E-state index contributed by atoms with van der Waals surface area (Å²) in [6.07, 6.45) is 1.81. The maximum Gasteiger partial charge on any atom is 0.170 e. The number of benzene rings is 1. The number of pyridine rings is 1. The second-order valence-corrected chi connectivity index (χ2v) is 7.85. The number of hydrogen-bond donors (Lipinski definition) is 2. The highest BCUT2D eigenvalue weighted by molar-refractivity contribution is 7.80. The molecule has 0 bridgehead atoms. The minimum atomic E-state index is -0.0751. The van der Waals surface area contributed by atoms with Crippen LogP contribution in [0.1, 0.15) is 34.7 Å². The predicted octanol–water partition coefficient (Wildman–Crippen LogP) is 3.81. The van der Waals surface area contributed by atoms with Crippen molar-refractivity contribution in [3.63, 3.8) is 0 Å². The van der Waals surface area contributed by atoms with Crippen molar-refractivity contribution in [2.45, 2.75) is 25.9 Å². The average molecular weight is 423 g/mol. The zero-order chi connectivity index (χ0) is 21.3. The highest BCUT2D eigenvalue weighted by Gasteiger charge is 2.41. The van der Waals surface area contributed by atoms with Crippen molar-refractivity contribution >= 4 is 17.3 Å². The summed E-state index contributed by atoms with van der Waals surface area (Å²) >= 11 is 5.69. The van der Waals surface area contributed by atoms with Crippen molar-refractivity contribution < 1.29 is 9.84 Å². The van der Waals surface area contributed by atoms with Crippen LogP contribution in [0.25, 0.3) is 5.69 Å².